The van der Waals surface area contributed by atoms with Crippen molar-refractivity contribution in [3.8, 4) is 22.8 Å². The van der Waals surface area contributed by atoms with Crippen LogP contribution in [0.25, 0.3) is 22.8 Å². The van der Waals surface area contributed by atoms with Gasteiger partial charge in [-0.2, -0.15) is 5.10 Å². The largest absolute Gasteiger partial charge is 2.00 e. The van der Waals surface area contributed by atoms with Gasteiger partial charge >= 0.3 is 21.1 Å². The molecule has 9 heteroatoms. The second-order valence-corrected chi connectivity index (χ2v) is 13.8. The first-order valence-corrected chi connectivity index (χ1v) is 17.7. The summed E-state index contributed by atoms with van der Waals surface area (Å²) in [4.78, 5) is 11.0. The molecule has 3 heterocycles. The number of aromatic nitrogens is 7. The zero-order valence-corrected chi connectivity index (χ0v) is 33.0. The van der Waals surface area contributed by atoms with Crippen molar-refractivity contribution in [3.05, 3.63) is 193 Å². The van der Waals surface area contributed by atoms with Crippen molar-refractivity contribution in [2.24, 2.45) is 0 Å². The van der Waals surface area contributed by atoms with E-state index in [4.69, 9.17) is 0 Å². The summed E-state index contributed by atoms with van der Waals surface area (Å²) < 4.78 is 1.95. The van der Waals surface area contributed by atoms with Gasteiger partial charge in [-0.3, -0.25) is 10.1 Å². The predicted octanol–water partition coefficient (Wildman–Crippen LogP) is 10.5. The van der Waals surface area contributed by atoms with Gasteiger partial charge in [-0.15, -0.1) is 5.10 Å². The van der Waals surface area contributed by atoms with Crippen LogP contribution in [0, 0.1) is 6.92 Å². The smallest absolute Gasteiger partial charge is 0.311 e. The van der Waals surface area contributed by atoms with Gasteiger partial charge in [0.1, 0.15) is 23.3 Å². The summed E-state index contributed by atoms with van der Waals surface area (Å²) in [7, 11) is 0. The van der Waals surface area contributed by atoms with Crippen LogP contribution >= 0.6 is 0 Å². The first-order valence-electron chi connectivity index (χ1n) is 17.7. The number of aryl methyl sites for hydroxylation is 1. The average Bonchev–Trinajstić information content (AvgIpc) is 3.90. The van der Waals surface area contributed by atoms with E-state index in [2.05, 4.69) is 177 Å². The van der Waals surface area contributed by atoms with E-state index in [-0.39, 0.29) is 32.5 Å². The zero-order chi connectivity index (χ0) is 36.6. The molecule has 270 valence electrons. The number of benzene rings is 5. The van der Waals surface area contributed by atoms with Crippen molar-refractivity contribution in [2.75, 3.05) is 4.90 Å². The van der Waals surface area contributed by atoms with Crippen LogP contribution in [-0.4, -0.2) is 35.2 Å². The maximum absolute atomic E-state index is 4.55. The molecule has 0 atom stereocenters. The summed E-state index contributed by atoms with van der Waals surface area (Å²) in [6.07, 6.45) is 3.81. The second kappa shape index (κ2) is 17.2. The molecule has 8 rings (SSSR count). The standard InChI is InChI=1S/C33H26N4.C12H16N4.Pt/c1-5-13-27(14-6-1)33(28-15-7-2-8-16-28)36-25-32(34-35-36)26-21-23-31(24-22-26)37(29-17-9-3-10-18-29)30-19-11-4-12-20-30;1-8-5-6-13-9(7-8)10-14-11(16-15-10)12(2,3)4;/h1-25,33H;5-7H,1-4H3,(H,14,15,16);/q;;+2. The van der Waals surface area contributed by atoms with E-state index in [9.17, 15) is 0 Å². The molecule has 0 unspecified atom stereocenters. The maximum atomic E-state index is 4.55. The molecule has 1 N–H and O–H groups in total. The molecule has 0 radical (unpaired) electrons. The molecule has 54 heavy (non-hydrogen) atoms. The summed E-state index contributed by atoms with van der Waals surface area (Å²) >= 11 is 0. The summed E-state index contributed by atoms with van der Waals surface area (Å²) in [6.45, 7) is 8.32. The number of hydrogen-bond acceptors (Lipinski definition) is 6. The monoisotopic (exact) mass is 889 g/mol. The Kier molecular flexibility index (Phi) is 12.1. The second-order valence-electron chi connectivity index (χ2n) is 13.8. The molecule has 0 aliphatic heterocycles. The Morgan fingerprint density at radius 2 is 1.15 bits per heavy atom. The van der Waals surface area contributed by atoms with Gasteiger partial charge < -0.3 is 4.90 Å². The van der Waals surface area contributed by atoms with Crippen molar-refractivity contribution >= 4 is 17.1 Å². The van der Waals surface area contributed by atoms with E-state index in [1.807, 2.05) is 54.2 Å². The molecule has 0 spiro atoms. The molecular weight excluding hydrogens is 848 g/mol. The van der Waals surface area contributed by atoms with E-state index >= 15 is 0 Å². The van der Waals surface area contributed by atoms with Gasteiger partial charge in [-0.25, -0.2) is 9.67 Å². The minimum Gasteiger partial charge on any atom is -0.311 e. The fraction of sp³-hybridized carbons (Fsp3) is 0.133. The molecular formula is C45H42N8Pt+2. The number of nitrogens with one attached hydrogen (secondary N) is 1. The van der Waals surface area contributed by atoms with E-state index in [1.54, 1.807) is 6.20 Å². The summed E-state index contributed by atoms with van der Waals surface area (Å²) in [5, 5.41) is 16.3. The van der Waals surface area contributed by atoms with E-state index < -0.39 is 0 Å². The molecule has 0 fully saturated rings. The molecule has 0 amide bonds. The van der Waals surface area contributed by atoms with Crippen molar-refractivity contribution in [2.45, 2.75) is 39.2 Å². The van der Waals surface area contributed by atoms with Gasteiger partial charge in [-0.1, -0.05) is 135 Å². The first-order chi connectivity index (χ1) is 25.8. The predicted molar refractivity (Wildman–Crippen MR) is 213 cm³/mol. The Morgan fingerprint density at radius 3 is 1.65 bits per heavy atom. The minimum absolute atomic E-state index is 0. The van der Waals surface area contributed by atoms with Gasteiger partial charge in [0.05, 0.1) is 6.20 Å². The molecule has 0 aliphatic carbocycles. The van der Waals surface area contributed by atoms with Gasteiger partial charge in [0.15, 0.2) is 5.82 Å². The number of H-pyrrole nitrogens is 1. The quantitative estimate of drug-likeness (QED) is 0.164. The molecule has 8 nitrogen and oxygen atoms in total. The van der Waals surface area contributed by atoms with Crippen molar-refractivity contribution in [1.29, 1.82) is 0 Å². The van der Waals surface area contributed by atoms with Crippen LogP contribution in [0.15, 0.2) is 170 Å². The SMILES string of the molecule is Cc1ccnc(-c2n[nH]c(C(C)(C)C)n2)c1.[Pt+2].c1ccc(C(c2ccccc2)n2cc(-c3ccc(N(c4ccccc4)c4ccccc4)cc3)nn2)cc1. The third-order valence-corrected chi connectivity index (χ3v) is 8.80. The first kappa shape index (κ1) is 37.8. The van der Waals surface area contributed by atoms with Crippen LogP contribution in [0.2, 0.25) is 0 Å². The number of para-hydroxylation sites is 2. The van der Waals surface area contributed by atoms with Crippen LogP contribution in [0.5, 0.6) is 0 Å². The molecule has 8 aromatic rings. The summed E-state index contributed by atoms with van der Waals surface area (Å²) in [5.41, 5.74) is 9.46. The molecule has 3 aromatic heterocycles. The zero-order valence-electron chi connectivity index (χ0n) is 30.7. The minimum atomic E-state index is -0.0467. The number of anilines is 3. The van der Waals surface area contributed by atoms with Gasteiger partial charge in [0.25, 0.3) is 0 Å². The summed E-state index contributed by atoms with van der Waals surface area (Å²) in [6, 6.07) is 54.1. The normalized spacial score (nSPS) is 11.0. The Hall–Kier alpha value is -5.98. The van der Waals surface area contributed by atoms with Gasteiger partial charge in [0.2, 0.25) is 0 Å². The maximum Gasteiger partial charge on any atom is 2.00 e. The molecule has 0 saturated carbocycles. The van der Waals surface area contributed by atoms with Crippen LogP contribution in [0.4, 0.5) is 17.1 Å². The number of pyridine rings is 1. The van der Waals surface area contributed by atoms with Gasteiger partial charge in [0, 0.05) is 34.2 Å². The van der Waals surface area contributed by atoms with E-state index in [0.29, 0.717) is 5.82 Å². The van der Waals surface area contributed by atoms with Crippen LogP contribution in [0.3, 0.4) is 0 Å². The van der Waals surface area contributed by atoms with Crippen LogP contribution < -0.4 is 4.90 Å². The fourth-order valence-electron chi connectivity index (χ4n) is 6.06. The molecule has 0 bridgehead atoms. The van der Waals surface area contributed by atoms with Gasteiger partial charge in [-0.05, 0) is 72.1 Å². The number of hydrogen-bond donors (Lipinski definition) is 1. The van der Waals surface area contributed by atoms with Crippen molar-refractivity contribution in [3.63, 3.8) is 0 Å². The molecule has 0 aliphatic rings. The Morgan fingerprint density at radius 1 is 0.630 bits per heavy atom. The topological polar surface area (TPSA) is 88.4 Å². The van der Waals surface area contributed by atoms with Crippen LogP contribution in [-0.2, 0) is 26.5 Å². The average molecular weight is 890 g/mol. The van der Waals surface area contributed by atoms with E-state index in [1.165, 1.54) is 11.1 Å². The third-order valence-electron chi connectivity index (χ3n) is 8.80. The van der Waals surface area contributed by atoms with E-state index in [0.717, 1.165) is 45.4 Å². The Balaban J connectivity index is 0.000000246. The Labute approximate surface area is 331 Å². The summed E-state index contributed by atoms with van der Waals surface area (Å²) in [5.74, 6) is 1.54. The Bertz CT molecular complexity index is 2260. The third kappa shape index (κ3) is 8.96. The molecule has 5 aromatic carbocycles. The van der Waals surface area contributed by atoms with Crippen molar-refractivity contribution in [1.82, 2.24) is 35.2 Å². The molecule has 0 saturated heterocycles. The number of aromatic amines is 1. The number of nitrogens with zero attached hydrogens (tertiary/aromatic N) is 7. The van der Waals surface area contributed by atoms with Crippen LogP contribution in [0.1, 0.15) is 49.3 Å². The van der Waals surface area contributed by atoms with Crippen molar-refractivity contribution < 1.29 is 21.1 Å². The number of rotatable bonds is 8. The fourth-order valence-corrected chi connectivity index (χ4v) is 6.06.